The Bertz CT molecular complexity index is 820. The largest absolute Gasteiger partial charge is 0.368 e. The Balaban J connectivity index is 1.78. The minimum Gasteiger partial charge on any atom is -0.368 e. The lowest BCUT2D eigenvalue weighted by molar-refractivity contribution is 0.586. The molecule has 0 spiro atoms. The minimum atomic E-state index is -3.52. The average molecular weight is 411 g/mol. The summed E-state index contributed by atoms with van der Waals surface area (Å²) in [5.74, 6) is 0. The fraction of sp³-hybridized carbons (Fsp3) is 0.312. The van der Waals surface area contributed by atoms with Gasteiger partial charge in [0.05, 0.1) is 5.69 Å². The maximum Gasteiger partial charge on any atom is 0.243 e. The molecule has 128 valence electrons. The Labute approximate surface area is 150 Å². The Morgan fingerprint density at radius 3 is 2.50 bits per heavy atom. The molecule has 1 fully saturated rings. The van der Waals surface area contributed by atoms with Crippen LogP contribution in [-0.2, 0) is 10.0 Å². The quantitative estimate of drug-likeness (QED) is 0.835. The third kappa shape index (κ3) is 3.55. The predicted octanol–water partition coefficient (Wildman–Crippen LogP) is 2.08. The Morgan fingerprint density at radius 2 is 1.83 bits per heavy atom. The third-order valence-electron chi connectivity index (χ3n) is 4.11. The molecule has 0 saturated carbocycles. The predicted molar refractivity (Wildman–Crippen MR) is 99.1 cm³/mol. The summed E-state index contributed by atoms with van der Waals surface area (Å²) in [5.41, 5.74) is 1.87. The van der Waals surface area contributed by atoms with Gasteiger partial charge in [0.25, 0.3) is 0 Å². The van der Waals surface area contributed by atoms with Crippen LogP contribution in [-0.4, -0.2) is 46.6 Å². The maximum atomic E-state index is 12.2. The van der Waals surface area contributed by atoms with E-state index >= 15 is 0 Å². The Hall–Kier alpha value is -1.64. The third-order valence-corrected chi connectivity index (χ3v) is 6.04. The van der Waals surface area contributed by atoms with Crippen LogP contribution in [0.4, 0.5) is 11.4 Å². The fourth-order valence-electron chi connectivity index (χ4n) is 2.83. The van der Waals surface area contributed by atoms with Gasteiger partial charge in [-0.2, -0.15) is 0 Å². The van der Waals surface area contributed by atoms with Gasteiger partial charge in [0.15, 0.2) is 0 Å². The molecule has 0 atom stereocenters. The second-order valence-electron chi connectivity index (χ2n) is 5.50. The number of halogens is 1. The van der Waals surface area contributed by atoms with Crippen LogP contribution >= 0.6 is 15.9 Å². The number of hydrogen-bond donors (Lipinski definition) is 1. The molecular formula is C16H19BrN4O2S. The van der Waals surface area contributed by atoms with Crippen LogP contribution < -0.4 is 14.5 Å². The molecule has 1 N–H and O–H groups in total. The van der Waals surface area contributed by atoms with Gasteiger partial charge >= 0.3 is 0 Å². The molecule has 1 aromatic heterocycles. The zero-order valence-electron chi connectivity index (χ0n) is 13.3. The number of pyridine rings is 1. The number of piperazine rings is 1. The summed E-state index contributed by atoms with van der Waals surface area (Å²) in [5, 5.41) is 0. The topological polar surface area (TPSA) is 65.5 Å². The molecule has 1 saturated heterocycles. The van der Waals surface area contributed by atoms with E-state index in [0.717, 1.165) is 30.7 Å². The van der Waals surface area contributed by atoms with Gasteiger partial charge in [-0.05, 0) is 31.3 Å². The van der Waals surface area contributed by atoms with Gasteiger partial charge in [-0.25, -0.2) is 13.1 Å². The molecule has 0 radical (unpaired) electrons. The molecular weight excluding hydrogens is 392 g/mol. The van der Waals surface area contributed by atoms with E-state index in [1.807, 2.05) is 12.1 Å². The van der Waals surface area contributed by atoms with Crippen LogP contribution in [0.3, 0.4) is 0 Å². The van der Waals surface area contributed by atoms with Crippen molar-refractivity contribution >= 4 is 37.3 Å². The van der Waals surface area contributed by atoms with E-state index in [0.29, 0.717) is 5.69 Å². The summed E-state index contributed by atoms with van der Waals surface area (Å²) < 4.78 is 27.8. The lowest BCUT2D eigenvalue weighted by atomic mass is 10.2. The van der Waals surface area contributed by atoms with Gasteiger partial charge in [-0.15, -0.1) is 0 Å². The lowest BCUT2D eigenvalue weighted by Crippen LogP contribution is -2.47. The fourth-order valence-corrected chi connectivity index (χ4v) is 4.11. The summed E-state index contributed by atoms with van der Waals surface area (Å²) in [6.45, 7) is 3.17. The highest BCUT2D eigenvalue weighted by molar-refractivity contribution is 9.10. The standard InChI is InChI=1S/C16H19BrN4O2S/c1-18-24(22,23)16-12-19-6-5-15(16)21-9-7-20(8-10-21)14-4-2-3-13(17)11-14/h2-6,11-12,18H,7-10H2,1H3. The summed E-state index contributed by atoms with van der Waals surface area (Å²) in [6.07, 6.45) is 3.03. The van der Waals surface area contributed by atoms with Gasteiger partial charge < -0.3 is 9.80 Å². The van der Waals surface area contributed by atoms with Crippen molar-refractivity contribution in [2.24, 2.45) is 0 Å². The summed E-state index contributed by atoms with van der Waals surface area (Å²) >= 11 is 3.50. The molecule has 0 amide bonds. The number of anilines is 2. The molecule has 0 unspecified atom stereocenters. The molecule has 1 aromatic carbocycles. The number of rotatable bonds is 4. The molecule has 1 aliphatic heterocycles. The SMILES string of the molecule is CNS(=O)(=O)c1cnccc1N1CCN(c2cccc(Br)c2)CC1. The van der Waals surface area contributed by atoms with Crippen molar-refractivity contribution < 1.29 is 8.42 Å². The highest BCUT2D eigenvalue weighted by atomic mass is 79.9. The Kier molecular flexibility index (Phi) is 5.07. The van der Waals surface area contributed by atoms with Crippen molar-refractivity contribution in [3.8, 4) is 0 Å². The number of sulfonamides is 1. The summed E-state index contributed by atoms with van der Waals surface area (Å²) in [4.78, 5) is 8.59. The molecule has 8 heteroatoms. The van der Waals surface area contributed by atoms with Gasteiger partial charge in [0.1, 0.15) is 4.90 Å². The lowest BCUT2D eigenvalue weighted by Gasteiger charge is -2.38. The second-order valence-corrected chi connectivity index (χ2v) is 8.28. The van der Waals surface area contributed by atoms with Gasteiger partial charge in [-0.1, -0.05) is 22.0 Å². The molecule has 2 aromatic rings. The zero-order valence-corrected chi connectivity index (χ0v) is 15.7. The van der Waals surface area contributed by atoms with Crippen molar-refractivity contribution in [2.45, 2.75) is 4.90 Å². The highest BCUT2D eigenvalue weighted by Gasteiger charge is 2.24. The van der Waals surface area contributed by atoms with E-state index in [-0.39, 0.29) is 4.90 Å². The Morgan fingerprint density at radius 1 is 1.12 bits per heavy atom. The number of nitrogens with one attached hydrogen (secondary N) is 1. The molecule has 0 aliphatic carbocycles. The highest BCUT2D eigenvalue weighted by Crippen LogP contribution is 2.27. The molecule has 0 bridgehead atoms. The smallest absolute Gasteiger partial charge is 0.243 e. The van der Waals surface area contributed by atoms with Crippen molar-refractivity contribution in [2.75, 3.05) is 43.0 Å². The molecule has 24 heavy (non-hydrogen) atoms. The van der Waals surface area contributed by atoms with Crippen molar-refractivity contribution in [1.82, 2.24) is 9.71 Å². The van der Waals surface area contributed by atoms with Crippen molar-refractivity contribution in [3.05, 3.63) is 47.2 Å². The average Bonchev–Trinajstić information content (AvgIpc) is 2.62. The molecule has 2 heterocycles. The number of benzene rings is 1. The van der Waals surface area contributed by atoms with E-state index < -0.39 is 10.0 Å². The van der Waals surface area contributed by atoms with E-state index in [9.17, 15) is 8.42 Å². The molecule has 3 rings (SSSR count). The molecule has 1 aliphatic rings. The van der Waals surface area contributed by atoms with E-state index in [2.05, 4.69) is 47.6 Å². The minimum absolute atomic E-state index is 0.225. The summed E-state index contributed by atoms with van der Waals surface area (Å²) in [7, 11) is -2.11. The first kappa shape index (κ1) is 17.2. The van der Waals surface area contributed by atoms with Crippen molar-refractivity contribution in [3.63, 3.8) is 0 Å². The van der Waals surface area contributed by atoms with Gasteiger partial charge in [0, 0.05) is 48.7 Å². The number of nitrogens with zero attached hydrogens (tertiary/aromatic N) is 3. The van der Waals surface area contributed by atoms with Crippen LogP contribution in [0.25, 0.3) is 0 Å². The van der Waals surface area contributed by atoms with Crippen LogP contribution in [0.5, 0.6) is 0 Å². The zero-order chi connectivity index (χ0) is 17.2. The van der Waals surface area contributed by atoms with Crippen LogP contribution in [0.15, 0.2) is 52.1 Å². The van der Waals surface area contributed by atoms with E-state index in [1.165, 1.54) is 18.9 Å². The van der Waals surface area contributed by atoms with E-state index in [4.69, 9.17) is 0 Å². The van der Waals surface area contributed by atoms with Crippen LogP contribution in [0, 0.1) is 0 Å². The number of hydrogen-bond acceptors (Lipinski definition) is 5. The first-order valence-corrected chi connectivity index (χ1v) is 9.92. The second kappa shape index (κ2) is 7.08. The maximum absolute atomic E-state index is 12.2. The van der Waals surface area contributed by atoms with Gasteiger partial charge in [0.2, 0.25) is 10.0 Å². The number of aromatic nitrogens is 1. The first-order valence-electron chi connectivity index (χ1n) is 7.64. The van der Waals surface area contributed by atoms with Crippen LogP contribution in [0.2, 0.25) is 0 Å². The van der Waals surface area contributed by atoms with Gasteiger partial charge in [-0.3, -0.25) is 4.98 Å². The van der Waals surface area contributed by atoms with Crippen LogP contribution in [0.1, 0.15) is 0 Å². The van der Waals surface area contributed by atoms with Crippen molar-refractivity contribution in [1.29, 1.82) is 0 Å². The normalized spacial score (nSPS) is 15.6. The molecule has 6 nitrogen and oxygen atoms in total. The van der Waals surface area contributed by atoms with E-state index in [1.54, 1.807) is 12.3 Å². The summed E-state index contributed by atoms with van der Waals surface area (Å²) in [6, 6.07) is 9.97. The first-order chi connectivity index (χ1) is 11.5. The monoisotopic (exact) mass is 410 g/mol.